The Morgan fingerprint density at radius 1 is 1.44 bits per heavy atom. The molecule has 1 atom stereocenters. The molecule has 1 unspecified atom stereocenters. The molecule has 1 heterocycles. The highest BCUT2D eigenvalue weighted by Crippen LogP contribution is 2.29. The largest absolute Gasteiger partial charge is 0.399 e. The van der Waals surface area contributed by atoms with Crippen LogP contribution in [0.25, 0.3) is 0 Å². The SMILES string of the molecule is Cc1ccc(N)cc1S(=O)(=O)N1CCC(C)(O)C1. The Bertz CT molecular complexity index is 567. The van der Waals surface area contributed by atoms with Crippen molar-refractivity contribution >= 4 is 15.7 Å². The van der Waals surface area contributed by atoms with E-state index in [9.17, 15) is 13.5 Å². The van der Waals surface area contributed by atoms with Crippen molar-refractivity contribution in [3.05, 3.63) is 23.8 Å². The predicted octanol–water partition coefficient (Wildman–Crippen LogP) is 0.723. The van der Waals surface area contributed by atoms with Gasteiger partial charge in [-0.2, -0.15) is 4.31 Å². The van der Waals surface area contributed by atoms with Crippen LogP contribution < -0.4 is 5.73 Å². The third kappa shape index (κ3) is 2.36. The topological polar surface area (TPSA) is 83.6 Å². The monoisotopic (exact) mass is 270 g/mol. The lowest BCUT2D eigenvalue weighted by atomic mass is 10.1. The van der Waals surface area contributed by atoms with Gasteiger partial charge in [0.2, 0.25) is 10.0 Å². The normalized spacial score (nSPS) is 25.5. The Morgan fingerprint density at radius 3 is 2.67 bits per heavy atom. The average molecular weight is 270 g/mol. The van der Waals surface area contributed by atoms with E-state index in [1.165, 1.54) is 10.4 Å². The van der Waals surface area contributed by atoms with Gasteiger partial charge in [0.25, 0.3) is 0 Å². The first-order valence-electron chi connectivity index (χ1n) is 5.81. The molecule has 1 aromatic rings. The maximum atomic E-state index is 12.5. The van der Waals surface area contributed by atoms with E-state index >= 15 is 0 Å². The van der Waals surface area contributed by atoms with E-state index in [2.05, 4.69) is 0 Å². The fraction of sp³-hybridized carbons (Fsp3) is 0.500. The average Bonchev–Trinajstić information content (AvgIpc) is 2.63. The van der Waals surface area contributed by atoms with E-state index in [1.807, 2.05) is 0 Å². The molecule has 0 saturated carbocycles. The molecular formula is C12H18N2O3S. The maximum Gasteiger partial charge on any atom is 0.243 e. The van der Waals surface area contributed by atoms with E-state index in [0.29, 0.717) is 24.2 Å². The second-order valence-corrected chi connectivity index (χ2v) is 7.02. The lowest BCUT2D eigenvalue weighted by Crippen LogP contribution is -2.34. The van der Waals surface area contributed by atoms with Crippen LogP contribution in [0.1, 0.15) is 18.9 Å². The number of anilines is 1. The van der Waals surface area contributed by atoms with Gasteiger partial charge in [0.15, 0.2) is 0 Å². The number of nitrogens with zero attached hydrogens (tertiary/aromatic N) is 1. The molecule has 5 nitrogen and oxygen atoms in total. The van der Waals surface area contributed by atoms with Crippen molar-refractivity contribution in [2.75, 3.05) is 18.8 Å². The molecule has 1 aliphatic rings. The van der Waals surface area contributed by atoms with Crippen molar-refractivity contribution in [1.82, 2.24) is 4.31 Å². The van der Waals surface area contributed by atoms with Crippen molar-refractivity contribution in [3.63, 3.8) is 0 Å². The number of nitrogen functional groups attached to an aromatic ring is 1. The zero-order valence-electron chi connectivity index (χ0n) is 10.5. The summed E-state index contributed by atoms with van der Waals surface area (Å²) < 4.78 is 26.2. The highest BCUT2D eigenvalue weighted by molar-refractivity contribution is 7.89. The van der Waals surface area contributed by atoms with Gasteiger partial charge in [-0.25, -0.2) is 8.42 Å². The number of hydrogen-bond donors (Lipinski definition) is 2. The second-order valence-electron chi connectivity index (χ2n) is 5.11. The molecule has 1 aromatic carbocycles. The molecule has 1 aliphatic heterocycles. The first-order chi connectivity index (χ1) is 8.22. The van der Waals surface area contributed by atoms with E-state index in [4.69, 9.17) is 5.73 Å². The molecule has 0 aromatic heterocycles. The minimum absolute atomic E-state index is 0.129. The number of sulfonamides is 1. The van der Waals surface area contributed by atoms with Gasteiger partial charge in [0.1, 0.15) is 0 Å². The summed E-state index contributed by atoms with van der Waals surface area (Å²) in [5.41, 5.74) is 5.78. The standard InChI is InChI=1S/C12H18N2O3S/c1-9-3-4-10(13)7-11(9)18(16,17)14-6-5-12(2,15)8-14/h3-4,7,15H,5-6,8,13H2,1-2H3. The van der Waals surface area contributed by atoms with Crippen LogP contribution in [0.3, 0.4) is 0 Å². The number of rotatable bonds is 2. The lowest BCUT2D eigenvalue weighted by Gasteiger charge is -2.20. The van der Waals surface area contributed by atoms with Crippen LogP contribution in [-0.4, -0.2) is 36.5 Å². The Balaban J connectivity index is 2.40. The maximum absolute atomic E-state index is 12.5. The highest BCUT2D eigenvalue weighted by Gasteiger charge is 2.38. The zero-order chi connectivity index (χ0) is 13.6. The molecule has 0 aliphatic carbocycles. The summed E-state index contributed by atoms with van der Waals surface area (Å²) in [5, 5.41) is 9.87. The number of aliphatic hydroxyl groups is 1. The number of nitrogens with two attached hydrogens (primary N) is 1. The Hall–Kier alpha value is -1.11. The van der Waals surface area contributed by atoms with E-state index in [-0.39, 0.29) is 11.4 Å². The molecule has 18 heavy (non-hydrogen) atoms. The van der Waals surface area contributed by atoms with Gasteiger partial charge in [-0.3, -0.25) is 0 Å². The molecule has 0 amide bonds. The van der Waals surface area contributed by atoms with Gasteiger partial charge >= 0.3 is 0 Å². The van der Waals surface area contributed by atoms with Gasteiger partial charge < -0.3 is 10.8 Å². The van der Waals surface area contributed by atoms with Gasteiger partial charge in [0.05, 0.1) is 10.5 Å². The summed E-state index contributed by atoms with van der Waals surface area (Å²) in [6, 6.07) is 4.84. The smallest absolute Gasteiger partial charge is 0.243 e. The number of benzene rings is 1. The summed E-state index contributed by atoms with van der Waals surface area (Å²) in [6.45, 7) is 3.85. The zero-order valence-corrected chi connectivity index (χ0v) is 11.4. The molecular weight excluding hydrogens is 252 g/mol. The summed E-state index contributed by atoms with van der Waals surface area (Å²) in [7, 11) is -3.57. The molecule has 6 heteroatoms. The first kappa shape index (κ1) is 13.3. The molecule has 0 radical (unpaired) electrons. The van der Waals surface area contributed by atoms with Gasteiger partial charge in [-0.1, -0.05) is 6.07 Å². The van der Waals surface area contributed by atoms with Crippen LogP contribution in [0.5, 0.6) is 0 Å². The van der Waals surface area contributed by atoms with Crippen LogP contribution in [0.2, 0.25) is 0 Å². The Kier molecular flexibility index (Phi) is 3.12. The Morgan fingerprint density at radius 2 is 2.11 bits per heavy atom. The van der Waals surface area contributed by atoms with Crippen molar-refractivity contribution in [3.8, 4) is 0 Å². The molecule has 100 valence electrons. The minimum atomic E-state index is -3.57. The third-order valence-electron chi connectivity index (χ3n) is 3.25. The number of hydrogen-bond acceptors (Lipinski definition) is 4. The van der Waals surface area contributed by atoms with E-state index in [1.54, 1.807) is 26.0 Å². The summed E-state index contributed by atoms with van der Waals surface area (Å²) in [4.78, 5) is 0.222. The second kappa shape index (κ2) is 4.22. The van der Waals surface area contributed by atoms with Gasteiger partial charge in [-0.05, 0) is 38.0 Å². The predicted molar refractivity (Wildman–Crippen MR) is 69.6 cm³/mol. The van der Waals surface area contributed by atoms with Crippen LogP contribution in [0.15, 0.2) is 23.1 Å². The van der Waals surface area contributed by atoms with Crippen LogP contribution in [-0.2, 0) is 10.0 Å². The molecule has 0 spiro atoms. The molecule has 2 rings (SSSR count). The van der Waals surface area contributed by atoms with Gasteiger partial charge in [0, 0.05) is 18.8 Å². The number of aryl methyl sites for hydroxylation is 1. The van der Waals surface area contributed by atoms with Crippen molar-refractivity contribution in [2.24, 2.45) is 0 Å². The van der Waals surface area contributed by atoms with Gasteiger partial charge in [-0.15, -0.1) is 0 Å². The van der Waals surface area contributed by atoms with Crippen molar-refractivity contribution in [1.29, 1.82) is 0 Å². The molecule has 0 bridgehead atoms. The third-order valence-corrected chi connectivity index (χ3v) is 5.23. The van der Waals surface area contributed by atoms with Crippen LogP contribution in [0, 0.1) is 6.92 Å². The minimum Gasteiger partial charge on any atom is -0.399 e. The van der Waals surface area contributed by atoms with Crippen molar-refractivity contribution in [2.45, 2.75) is 30.8 Å². The molecule has 1 fully saturated rings. The van der Waals surface area contributed by atoms with Crippen molar-refractivity contribution < 1.29 is 13.5 Å². The molecule has 1 saturated heterocycles. The van der Waals surface area contributed by atoms with E-state index < -0.39 is 15.6 Å². The lowest BCUT2D eigenvalue weighted by molar-refractivity contribution is 0.0762. The first-order valence-corrected chi connectivity index (χ1v) is 7.25. The highest BCUT2D eigenvalue weighted by atomic mass is 32.2. The molecule has 3 N–H and O–H groups in total. The fourth-order valence-electron chi connectivity index (χ4n) is 2.14. The number of β-amino-alcohol motifs (C(OH)–C–C–N with tert-alkyl or cyclic N) is 1. The quantitative estimate of drug-likeness (QED) is 0.776. The summed E-state index contributed by atoms with van der Waals surface area (Å²) in [5.74, 6) is 0. The summed E-state index contributed by atoms with van der Waals surface area (Å²) in [6.07, 6.45) is 0.452. The van der Waals surface area contributed by atoms with Crippen LogP contribution in [0.4, 0.5) is 5.69 Å². The van der Waals surface area contributed by atoms with E-state index in [0.717, 1.165) is 0 Å². The Labute approximate surface area is 107 Å². The fourth-order valence-corrected chi connectivity index (χ4v) is 3.96. The summed E-state index contributed by atoms with van der Waals surface area (Å²) >= 11 is 0. The van der Waals surface area contributed by atoms with Crippen LogP contribution >= 0.6 is 0 Å².